The number of carbonyl (C=O) groups excluding carboxylic acids is 1. The molecule has 1 aliphatic rings. The molecular formula is C17H20N2O3S. The van der Waals surface area contributed by atoms with Gasteiger partial charge in [-0.15, -0.1) is 0 Å². The lowest BCUT2D eigenvalue weighted by Gasteiger charge is -2.35. The zero-order valence-electron chi connectivity index (χ0n) is 13.2. The monoisotopic (exact) mass is 332 g/mol. The fourth-order valence-electron chi connectivity index (χ4n) is 2.96. The van der Waals surface area contributed by atoms with E-state index in [4.69, 9.17) is 0 Å². The molecule has 1 saturated carbocycles. The summed E-state index contributed by atoms with van der Waals surface area (Å²) in [5.41, 5.74) is 2.38. The quantitative estimate of drug-likeness (QED) is 0.902. The molecule has 5 nitrogen and oxygen atoms in total. The number of hydrogen-bond acceptors (Lipinski definition) is 3. The van der Waals surface area contributed by atoms with Crippen molar-refractivity contribution in [2.75, 3.05) is 0 Å². The van der Waals surface area contributed by atoms with E-state index in [0.717, 1.165) is 11.4 Å². The molecule has 1 amide bonds. The van der Waals surface area contributed by atoms with Crippen LogP contribution in [0.5, 0.6) is 0 Å². The summed E-state index contributed by atoms with van der Waals surface area (Å²) in [6.07, 6.45) is 0.927. The molecule has 0 spiro atoms. The highest BCUT2D eigenvalue weighted by atomic mass is 32.2. The third-order valence-corrected chi connectivity index (χ3v) is 6.53. The highest BCUT2D eigenvalue weighted by Crippen LogP contribution is 2.31. The van der Waals surface area contributed by atoms with Crippen LogP contribution in [0.25, 0.3) is 0 Å². The molecule has 0 saturated heterocycles. The van der Waals surface area contributed by atoms with Gasteiger partial charge in [-0.2, -0.15) is 0 Å². The van der Waals surface area contributed by atoms with Crippen LogP contribution >= 0.6 is 0 Å². The summed E-state index contributed by atoms with van der Waals surface area (Å²) in [5, 5.41) is 2.50. The molecule has 0 bridgehead atoms. The Morgan fingerprint density at radius 2 is 1.83 bits per heavy atom. The Labute approximate surface area is 136 Å². The minimum Gasteiger partial charge on any atom is -0.362 e. The number of aromatic amines is 1. The average Bonchev–Trinajstić information content (AvgIpc) is 2.81. The second-order valence-electron chi connectivity index (χ2n) is 6.11. The van der Waals surface area contributed by atoms with Crippen LogP contribution in [0.15, 0.2) is 41.3 Å². The first-order chi connectivity index (χ1) is 10.9. The predicted octanol–water partition coefficient (Wildman–Crippen LogP) is 2.37. The first-order valence-electron chi connectivity index (χ1n) is 7.64. The van der Waals surface area contributed by atoms with Gasteiger partial charge in [0.25, 0.3) is 5.91 Å². The third-order valence-electron chi connectivity index (χ3n) is 4.33. The van der Waals surface area contributed by atoms with E-state index in [1.54, 1.807) is 30.3 Å². The zero-order valence-corrected chi connectivity index (χ0v) is 14.0. The summed E-state index contributed by atoms with van der Waals surface area (Å²) in [7, 11) is -3.30. The molecule has 0 atom stereocenters. The number of carbonyl (C=O) groups is 1. The van der Waals surface area contributed by atoms with Crippen LogP contribution in [-0.2, 0) is 9.84 Å². The lowest BCUT2D eigenvalue weighted by Crippen LogP contribution is -2.49. The summed E-state index contributed by atoms with van der Waals surface area (Å²) in [6, 6.07) is 10.2. The van der Waals surface area contributed by atoms with E-state index in [2.05, 4.69) is 10.3 Å². The van der Waals surface area contributed by atoms with Gasteiger partial charge >= 0.3 is 0 Å². The standard InChI is InChI=1S/C17H20N2O3S/c1-11-8-16(12(2)18-11)17(20)19-13-9-15(10-13)23(21,22)14-6-4-3-5-7-14/h3-8,13,15,18H,9-10H2,1-2H3,(H,19,20). The van der Waals surface area contributed by atoms with Crippen LogP contribution in [0.2, 0.25) is 0 Å². The van der Waals surface area contributed by atoms with E-state index in [1.807, 2.05) is 19.9 Å². The van der Waals surface area contributed by atoms with Crippen molar-refractivity contribution in [1.29, 1.82) is 0 Å². The lowest BCUT2D eigenvalue weighted by atomic mass is 9.92. The topological polar surface area (TPSA) is 79.0 Å². The van der Waals surface area contributed by atoms with E-state index < -0.39 is 15.1 Å². The van der Waals surface area contributed by atoms with Gasteiger partial charge in [0.15, 0.2) is 9.84 Å². The number of hydrogen-bond donors (Lipinski definition) is 2. The van der Waals surface area contributed by atoms with Crippen molar-refractivity contribution in [2.45, 2.75) is 42.9 Å². The number of rotatable bonds is 4. The normalized spacial score (nSPS) is 20.8. The molecule has 122 valence electrons. The highest BCUT2D eigenvalue weighted by Gasteiger charge is 2.40. The van der Waals surface area contributed by atoms with Crippen molar-refractivity contribution < 1.29 is 13.2 Å². The highest BCUT2D eigenvalue weighted by molar-refractivity contribution is 7.92. The summed E-state index contributed by atoms with van der Waals surface area (Å²) in [5.74, 6) is -0.146. The minimum absolute atomic E-state index is 0.0828. The molecular weight excluding hydrogens is 312 g/mol. The fourth-order valence-corrected chi connectivity index (χ4v) is 4.86. The summed E-state index contributed by atoms with van der Waals surface area (Å²) < 4.78 is 24.9. The average molecular weight is 332 g/mol. The van der Waals surface area contributed by atoms with Crippen molar-refractivity contribution in [1.82, 2.24) is 10.3 Å². The van der Waals surface area contributed by atoms with Crippen LogP contribution < -0.4 is 5.32 Å². The van der Waals surface area contributed by atoms with Gasteiger partial charge in [0.1, 0.15) is 0 Å². The Bertz CT molecular complexity index is 819. The maximum atomic E-state index is 12.5. The van der Waals surface area contributed by atoms with E-state index in [0.29, 0.717) is 23.3 Å². The molecule has 1 aliphatic carbocycles. The smallest absolute Gasteiger partial charge is 0.253 e. The van der Waals surface area contributed by atoms with E-state index >= 15 is 0 Å². The van der Waals surface area contributed by atoms with Gasteiger partial charge < -0.3 is 10.3 Å². The van der Waals surface area contributed by atoms with Crippen molar-refractivity contribution in [3.63, 3.8) is 0 Å². The Balaban J connectivity index is 1.61. The first-order valence-corrected chi connectivity index (χ1v) is 9.18. The molecule has 6 heteroatoms. The van der Waals surface area contributed by atoms with Crippen molar-refractivity contribution in [2.24, 2.45) is 0 Å². The van der Waals surface area contributed by atoms with E-state index in [1.165, 1.54) is 0 Å². The number of benzene rings is 1. The molecule has 1 fully saturated rings. The summed E-state index contributed by atoms with van der Waals surface area (Å²) >= 11 is 0. The Morgan fingerprint density at radius 1 is 1.17 bits per heavy atom. The molecule has 2 N–H and O–H groups in total. The number of H-pyrrole nitrogens is 1. The van der Waals surface area contributed by atoms with Gasteiger partial charge in [0.2, 0.25) is 0 Å². The molecule has 0 radical (unpaired) electrons. The molecule has 1 aromatic carbocycles. The van der Waals surface area contributed by atoms with Crippen molar-refractivity contribution in [3.05, 3.63) is 53.3 Å². The maximum Gasteiger partial charge on any atom is 0.253 e. The van der Waals surface area contributed by atoms with Crippen LogP contribution in [0.3, 0.4) is 0 Å². The zero-order chi connectivity index (χ0) is 16.6. The lowest BCUT2D eigenvalue weighted by molar-refractivity contribution is 0.0917. The van der Waals surface area contributed by atoms with Crippen molar-refractivity contribution in [3.8, 4) is 0 Å². The molecule has 1 aromatic heterocycles. The minimum atomic E-state index is -3.30. The number of sulfone groups is 1. The van der Waals surface area contributed by atoms with Gasteiger partial charge in [-0.1, -0.05) is 18.2 Å². The van der Waals surface area contributed by atoms with Gasteiger partial charge in [-0.05, 0) is 44.9 Å². The van der Waals surface area contributed by atoms with Crippen LogP contribution in [-0.4, -0.2) is 30.6 Å². The van der Waals surface area contributed by atoms with Crippen molar-refractivity contribution >= 4 is 15.7 Å². The Kier molecular flexibility index (Phi) is 4.02. The predicted molar refractivity (Wildman–Crippen MR) is 88.2 cm³/mol. The largest absolute Gasteiger partial charge is 0.362 e. The maximum absolute atomic E-state index is 12.5. The Hall–Kier alpha value is -2.08. The summed E-state index contributed by atoms with van der Waals surface area (Å²) in [6.45, 7) is 3.75. The van der Waals surface area contributed by atoms with Crippen LogP contribution in [0.1, 0.15) is 34.6 Å². The number of aryl methyl sites for hydroxylation is 2. The molecule has 0 aliphatic heterocycles. The van der Waals surface area contributed by atoms with Crippen LogP contribution in [0, 0.1) is 13.8 Å². The molecule has 1 heterocycles. The second-order valence-corrected chi connectivity index (χ2v) is 8.34. The Morgan fingerprint density at radius 3 is 2.39 bits per heavy atom. The first kappa shape index (κ1) is 15.8. The molecule has 23 heavy (non-hydrogen) atoms. The second kappa shape index (κ2) is 5.85. The molecule has 3 rings (SSSR count). The molecule has 0 unspecified atom stereocenters. The van der Waals surface area contributed by atoms with Crippen LogP contribution in [0.4, 0.5) is 0 Å². The fraction of sp³-hybridized carbons (Fsp3) is 0.353. The SMILES string of the molecule is Cc1cc(C(=O)NC2CC(S(=O)(=O)c3ccccc3)C2)c(C)[nH]1. The molecule has 2 aromatic rings. The number of amides is 1. The number of nitrogens with one attached hydrogen (secondary N) is 2. The van der Waals surface area contributed by atoms with Gasteiger partial charge in [0, 0.05) is 17.4 Å². The number of aromatic nitrogens is 1. The van der Waals surface area contributed by atoms with E-state index in [-0.39, 0.29) is 11.9 Å². The van der Waals surface area contributed by atoms with Gasteiger partial charge in [0.05, 0.1) is 15.7 Å². The third kappa shape index (κ3) is 3.03. The van der Waals surface area contributed by atoms with Gasteiger partial charge in [-0.25, -0.2) is 8.42 Å². The van der Waals surface area contributed by atoms with Gasteiger partial charge in [-0.3, -0.25) is 4.79 Å². The van der Waals surface area contributed by atoms with E-state index in [9.17, 15) is 13.2 Å². The summed E-state index contributed by atoms with van der Waals surface area (Å²) in [4.78, 5) is 15.7.